The quantitative estimate of drug-likeness (QED) is 0.769. The molecule has 1 N–H and O–H groups in total. The third-order valence-corrected chi connectivity index (χ3v) is 3.35. The number of rotatable bonds is 0. The number of benzene rings is 1. The Labute approximate surface area is 107 Å². The highest BCUT2D eigenvalue weighted by atomic mass is 35.5. The van der Waals surface area contributed by atoms with Crippen molar-refractivity contribution in [2.45, 2.75) is 33.2 Å². The van der Waals surface area contributed by atoms with Crippen molar-refractivity contribution >= 4 is 28.9 Å². The molecule has 0 bridgehead atoms. The van der Waals surface area contributed by atoms with E-state index in [1.165, 1.54) is 0 Å². The van der Waals surface area contributed by atoms with Gasteiger partial charge in [-0.3, -0.25) is 4.79 Å². The van der Waals surface area contributed by atoms with Gasteiger partial charge < -0.3 is 10.2 Å². The van der Waals surface area contributed by atoms with Crippen molar-refractivity contribution in [1.82, 2.24) is 0 Å². The summed E-state index contributed by atoms with van der Waals surface area (Å²) in [7, 11) is 0. The van der Waals surface area contributed by atoms with Crippen molar-refractivity contribution in [2.75, 3.05) is 16.8 Å². The summed E-state index contributed by atoms with van der Waals surface area (Å²) in [6.07, 6.45) is 0. The van der Waals surface area contributed by atoms with Crippen LogP contribution < -0.4 is 10.2 Å². The lowest BCUT2D eigenvalue weighted by molar-refractivity contribution is -0.117. The largest absolute Gasteiger partial charge is 0.381 e. The first-order valence-electron chi connectivity index (χ1n) is 5.68. The Bertz CT molecular complexity index is 483. The Balaban J connectivity index is 2.64. The van der Waals surface area contributed by atoms with E-state index in [9.17, 15) is 4.79 Å². The Morgan fingerprint density at radius 2 is 2.12 bits per heavy atom. The summed E-state index contributed by atoms with van der Waals surface area (Å²) in [5.41, 5.74) is 2.55. The molecule has 0 spiro atoms. The fraction of sp³-hybridized carbons (Fsp3) is 0.462. The van der Waals surface area contributed by atoms with Crippen LogP contribution >= 0.6 is 11.6 Å². The van der Waals surface area contributed by atoms with Gasteiger partial charge in [0.25, 0.3) is 0 Å². The number of anilines is 2. The molecule has 1 amide bonds. The molecule has 1 aromatic rings. The van der Waals surface area contributed by atoms with Gasteiger partial charge in [0.15, 0.2) is 0 Å². The molecular weight excluding hydrogens is 236 g/mol. The zero-order valence-corrected chi connectivity index (χ0v) is 11.4. The molecule has 1 aliphatic rings. The number of carbonyl (C=O) groups is 1. The number of aryl methyl sites for hydroxylation is 1. The summed E-state index contributed by atoms with van der Waals surface area (Å²) in [6.45, 7) is 8.35. The van der Waals surface area contributed by atoms with E-state index in [1.54, 1.807) is 11.8 Å². The van der Waals surface area contributed by atoms with Crippen molar-refractivity contribution in [3.05, 3.63) is 22.7 Å². The average molecular weight is 253 g/mol. The summed E-state index contributed by atoms with van der Waals surface area (Å²) < 4.78 is 0. The van der Waals surface area contributed by atoms with E-state index < -0.39 is 0 Å². The first kappa shape index (κ1) is 12.2. The number of nitrogens with zero attached hydrogens (tertiary/aromatic N) is 1. The molecule has 4 heteroatoms. The lowest BCUT2D eigenvalue weighted by Crippen LogP contribution is -2.54. The summed E-state index contributed by atoms with van der Waals surface area (Å²) in [5.74, 6) is 0.0171. The highest BCUT2D eigenvalue weighted by molar-refractivity contribution is 6.35. The summed E-state index contributed by atoms with van der Waals surface area (Å²) in [5, 5.41) is 3.96. The van der Waals surface area contributed by atoms with Gasteiger partial charge in [0, 0.05) is 13.5 Å². The number of amides is 1. The number of hydrogen-bond donors (Lipinski definition) is 1. The van der Waals surface area contributed by atoms with Crippen molar-refractivity contribution in [1.29, 1.82) is 0 Å². The van der Waals surface area contributed by atoms with Gasteiger partial charge in [-0.05, 0) is 38.5 Å². The standard InChI is InChI=1S/C13H17ClN2O/c1-8-5-10(14)12-11(6-8)15-7-13(3,4)16(12)9(2)17/h5-6,15H,7H2,1-4H3. The van der Waals surface area contributed by atoms with Crippen LogP contribution in [0.3, 0.4) is 0 Å². The van der Waals surface area contributed by atoms with E-state index in [0.717, 1.165) is 23.5 Å². The first-order chi connectivity index (χ1) is 7.83. The molecule has 0 saturated carbocycles. The third-order valence-electron chi connectivity index (χ3n) is 3.06. The molecule has 3 nitrogen and oxygen atoms in total. The van der Waals surface area contributed by atoms with Gasteiger partial charge in [-0.2, -0.15) is 0 Å². The topological polar surface area (TPSA) is 32.3 Å². The van der Waals surface area contributed by atoms with Gasteiger partial charge in [0.05, 0.1) is 21.9 Å². The van der Waals surface area contributed by atoms with Gasteiger partial charge in [-0.25, -0.2) is 0 Å². The average Bonchev–Trinajstić information content (AvgIpc) is 2.17. The van der Waals surface area contributed by atoms with Gasteiger partial charge in [-0.1, -0.05) is 11.6 Å². The SMILES string of the molecule is CC(=O)N1c2c(Cl)cc(C)cc2NCC1(C)C. The van der Waals surface area contributed by atoms with Gasteiger partial charge in [-0.15, -0.1) is 0 Å². The zero-order valence-electron chi connectivity index (χ0n) is 10.6. The Morgan fingerprint density at radius 1 is 1.47 bits per heavy atom. The molecule has 0 saturated heterocycles. The van der Waals surface area contributed by atoms with Crippen molar-refractivity contribution in [3.63, 3.8) is 0 Å². The molecule has 0 aromatic heterocycles. The van der Waals surface area contributed by atoms with Crippen LogP contribution in [0.2, 0.25) is 5.02 Å². The van der Waals surface area contributed by atoms with Crippen LogP contribution in [0, 0.1) is 6.92 Å². The maximum absolute atomic E-state index is 11.9. The molecule has 92 valence electrons. The number of carbonyl (C=O) groups excluding carboxylic acids is 1. The molecule has 1 aliphatic heterocycles. The van der Waals surface area contributed by atoms with Crippen LogP contribution in [-0.4, -0.2) is 18.0 Å². The highest BCUT2D eigenvalue weighted by Crippen LogP contribution is 2.42. The molecule has 0 unspecified atom stereocenters. The second-order valence-corrected chi connectivity index (χ2v) is 5.57. The van der Waals surface area contributed by atoms with E-state index in [4.69, 9.17) is 11.6 Å². The predicted molar refractivity (Wildman–Crippen MR) is 71.9 cm³/mol. The maximum Gasteiger partial charge on any atom is 0.224 e. The van der Waals surface area contributed by atoms with Crippen molar-refractivity contribution < 1.29 is 4.79 Å². The smallest absolute Gasteiger partial charge is 0.224 e. The molecule has 2 rings (SSSR count). The number of hydrogen-bond acceptors (Lipinski definition) is 2. The molecule has 17 heavy (non-hydrogen) atoms. The van der Waals surface area contributed by atoms with Crippen LogP contribution in [0.4, 0.5) is 11.4 Å². The van der Waals surface area contributed by atoms with E-state index >= 15 is 0 Å². The Kier molecular flexibility index (Phi) is 2.82. The fourth-order valence-corrected chi connectivity index (χ4v) is 2.73. The normalized spacial score (nSPS) is 17.4. The first-order valence-corrected chi connectivity index (χ1v) is 6.05. The lowest BCUT2D eigenvalue weighted by atomic mass is 9.96. The highest BCUT2D eigenvalue weighted by Gasteiger charge is 2.36. The van der Waals surface area contributed by atoms with Crippen LogP contribution in [-0.2, 0) is 4.79 Å². The van der Waals surface area contributed by atoms with Crippen molar-refractivity contribution in [3.8, 4) is 0 Å². The summed E-state index contributed by atoms with van der Waals surface area (Å²) >= 11 is 6.28. The fourth-order valence-electron chi connectivity index (χ4n) is 2.37. The van der Waals surface area contributed by atoms with Crippen molar-refractivity contribution in [2.24, 2.45) is 0 Å². The lowest BCUT2D eigenvalue weighted by Gasteiger charge is -2.44. The second kappa shape index (κ2) is 3.91. The monoisotopic (exact) mass is 252 g/mol. The summed E-state index contributed by atoms with van der Waals surface area (Å²) in [4.78, 5) is 13.6. The minimum atomic E-state index is -0.266. The molecular formula is C13H17ClN2O. The molecule has 0 radical (unpaired) electrons. The maximum atomic E-state index is 11.9. The Morgan fingerprint density at radius 3 is 2.71 bits per heavy atom. The molecule has 0 fully saturated rings. The second-order valence-electron chi connectivity index (χ2n) is 5.16. The zero-order chi connectivity index (χ0) is 12.8. The van der Waals surface area contributed by atoms with Crippen LogP contribution in [0.15, 0.2) is 12.1 Å². The van der Waals surface area contributed by atoms with E-state index in [-0.39, 0.29) is 11.4 Å². The third kappa shape index (κ3) is 2.00. The molecule has 0 aliphatic carbocycles. The number of nitrogens with one attached hydrogen (secondary N) is 1. The van der Waals surface area contributed by atoms with Crippen LogP contribution in [0.1, 0.15) is 26.3 Å². The number of halogens is 1. The van der Waals surface area contributed by atoms with E-state index in [1.807, 2.05) is 32.9 Å². The van der Waals surface area contributed by atoms with E-state index in [2.05, 4.69) is 5.32 Å². The van der Waals surface area contributed by atoms with Gasteiger partial charge >= 0.3 is 0 Å². The molecule has 1 aromatic carbocycles. The van der Waals surface area contributed by atoms with Gasteiger partial charge in [0.1, 0.15) is 0 Å². The van der Waals surface area contributed by atoms with Crippen LogP contribution in [0.5, 0.6) is 0 Å². The minimum Gasteiger partial charge on any atom is -0.381 e. The van der Waals surface area contributed by atoms with E-state index in [0.29, 0.717) is 5.02 Å². The molecule has 1 heterocycles. The minimum absolute atomic E-state index is 0.0171. The Hall–Kier alpha value is -1.22. The summed E-state index contributed by atoms with van der Waals surface area (Å²) in [6, 6.07) is 3.91. The predicted octanol–water partition coefficient (Wildman–Crippen LogP) is 3.21. The van der Waals surface area contributed by atoms with Crippen LogP contribution in [0.25, 0.3) is 0 Å². The number of fused-ring (bicyclic) bond motifs is 1. The molecule has 0 atom stereocenters. The van der Waals surface area contributed by atoms with Gasteiger partial charge in [0.2, 0.25) is 5.91 Å².